The summed E-state index contributed by atoms with van der Waals surface area (Å²) in [7, 11) is -1.45. The second kappa shape index (κ2) is 5.36. The van der Waals surface area contributed by atoms with Crippen molar-refractivity contribution in [3.05, 3.63) is 11.8 Å². The first-order valence-corrected chi connectivity index (χ1v) is 7.77. The minimum atomic E-state index is -1.45. The van der Waals surface area contributed by atoms with E-state index in [1.54, 1.807) is 6.08 Å². The maximum atomic E-state index is 8.66. The van der Waals surface area contributed by atoms with Gasteiger partial charge >= 0.3 is 0 Å². The van der Waals surface area contributed by atoms with E-state index in [1.165, 1.54) is 0 Å². The van der Waals surface area contributed by atoms with Gasteiger partial charge in [0.15, 0.2) is 0 Å². The summed E-state index contributed by atoms with van der Waals surface area (Å²) in [5.74, 6) is 0. The van der Waals surface area contributed by atoms with Crippen LogP contribution >= 0.6 is 0 Å². The zero-order valence-corrected chi connectivity index (χ0v) is 11.3. The van der Waals surface area contributed by atoms with Crippen LogP contribution in [0.15, 0.2) is 11.8 Å². The molecule has 0 saturated heterocycles. The van der Waals surface area contributed by atoms with Gasteiger partial charge in [-0.3, -0.25) is 0 Å². The molecular weight excluding hydrogens is 186 g/mol. The monoisotopic (exact) mass is 209 g/mol. The predicted molar refractivity (Wildman–Crippen MR) is 65.8 cm³/mol. The molecule has 0 atom stereocenters. The molecule has 0 aliphatic rings. The van der Waals surface area contributed by atoms with E-state index in [4.69, 9.17) is 5.26 Å². The molecule has 0 fully saturated rings. The molecule has 0 spiro atoms. The van der Waals surface area contributed by atoms with Crippen molar-refractivity contribution in [1.82, 2.24) is 0 Å². The van der Waals surface area contributed by atoms with Crippen LogP contribution in [0.25, 0.3) is 0 Å². The van der Waals surface area contributed by atoms with Gasteiger partial charge in [0.2, 0.25) is 0 Å². The molecule has 0 aromatic carbocycles. The summed E-state index contributed by atoms with van der Waals surface area (Å²) < 4.78 is 0. The van der Waals surface area contributed by atoms with Gasteiger partial charge in [-0.25, -0.2) is 0 Å². The molecule has 14 heavy (non-hydrogen) atoms. The maximum absolute atomic E-state index is 8.66. The Morgan fingerprint density at radius 1 is 0.929 bits per heavy atom. The third-order valence-electron chi connectivity index (χ3n) is 3.45. The fourth-order valence-corrected chi connectivity index (χ4v) is 8.28. The highest BCUT2D eigenvalue weighted by molar-refractivity contribution is 6.88. The Bertz CT molecular complexity index is 211. The molecule has 0 unspecified atom stereocenters. The molecule has 0 aromatic rings. The lowest BCUT2D eigenvalue weighted by atomic mass is 10.5. The first kappa shape index (κ1) is 13.4. The first-order chi connectivity index (χ1) is 6.39. The van der Waals surface area contributed by atoms with Crippen molar-refractivity contribution in [2.24, 2.45) is 0 Å². The van der Waals surface area contributed by atoms with Crippen molar-refractivity contribution < 1.29 is 0 Å². The number of rotatable bonds is 4. The van der Waals surface area contributed by atoms with E-state index < -0.39 is 8.07 Å². The molecule has 0 heterocycles. The Morgan fingerprint density at radius 3 is 1.50 bits per heavy atom. The molecule has 0 aromatic heterocycles. The minimum absolute atomic E-state index is 0.701. The summed E-state index contributed by atoms with van der Waals surface area (Å²) in [6.07, 6.45) is 1.70. The molecule has 0 radical (unpaired) electrons. The smallest absolute Gasteiger partial charge is 0.0904 e. The fourth-order valence-electron chi connectivity index (χ4n) is 2.76. The van der Waals surface area contributed by atoms with Crippen molar-refractivity contribution in [2.45, 2.75) is 58.2 Å². The summed E-state index contributed by atoms with van der Waals surface area (Å²) in [6.45, 7) is 13.8. The summed E-state index contributed by atoms with van der Waals surface area (Å²) in [4.78, 5) is 0. The Morgan fingerprint density at radius 2 is 1.29 bits per heavy atom. The van der Waals surface area contributed by atoms with Crippen LogP contribution in [0, 0.1) is 11.3 Å². The van der Waals surface area contributed by atoms with Crippen LogP contribution in [-0.4, -0.2) is 8.07 Å². The Balaban J connectivity index is 5.18. The van der Waals surface area contributed by atoms with E-state index in [2.05, 4.69) is 53.3 Å². The van der Waals surface area contributed by atoms with Crippen LogP contribution in [0.2, 0.25) is 16.6 Å². The predicted octanol–water partition coefficient (Wildman–Crippen LogP) is 4.28. The van der Waals surface area contributed by atoms with Crippen molar-refractivity contribution in [3.8, 4) is 6.07 Å². The molecule has 0 bridgehead atoms. The molecule has 0 saturated carbocycles. The standard InChI is InChI=1S/C12H23NSi/c1-10(2)14(11(3)4,12(5)6)9-7-8-13/h7,9-12H,1-6H3/b9-7+. The lowest BCUT2D eigenvalue weighted by Crippen LogP contribution is -2.42. The largest absolute Gasteiger partial charge is 0.193 e. The van der Waals surface area contributed by atoms with Crippen molar-refractivity contribution in [3.63, 3.8) is 0 Å². The molecular formula is C12H23NSi. The second-order valence-corrected chi connectivity index (χ2v) is 10.7. The first-order valence-electron chi connectivity index (χ1n) is 5.46. The summed E-state index contributed by atoms with van der Waals surface area (Å²) in [5.41, 5.74) is 4.35. The Kier molecular flexibility index (Phi) is 5.15. The topological polar surface area (TPSA) is 23.8 Å². The van der Waals surface area contributed by atoms with Crippen LogP contribution in [-0.2, 0) is 0 Å². The van der Waals surface area contributed by atoms with Crippen molar-refractivity contribution in [2.75, 3.05) is 0 Å². The fraction of sp³-hybridized carbons (Fsp3) is 0.750. The average Bonchev–Trinajstić information content (AvgIpc) is 2.03. The van der Waals surface area contributed by atoms with Gasteiger partial charge in [0.25, 0.3) is 0 Å². The van der Waals surface area contributed by atoms with Crippen LogP contribution < -0.4 is 0 Å². The zero-order valence-electron chi connectivity index (χ0n) is 10.3. The molecule has 0 amide bonds. The molecule has 0 aliphatic carbocycles. The third-order valence-corrected chi connectivity index (χ3v) is 10.2. The molecule has 0 rings (SSSR count). The molecule has 2 heteroatoms. The molecule has 0 N–H and O–H groups in total. The summed E-state index contributed by atoms with van der Waals surface area (Å²) in [5, 5.41) is 8.66. The van der Waals surface area contributed by atoms with Gasteiger partial charge in [0.1, 0.15) is 0 Å². The van der Waals surface area contributed by atoms with Gasteiger partial charge in [0, 0.05) is 6.08 Å². The van der Waals surface area contributed by atoms with Crippen LogP contribution in [0.1, 0.15) is 41.5 Å². The van der Waals surface area contributed by atoms with Crippen LogP contribution in [0.4, 0.5) is 0 Å². The van der Waals surface area contributed by atoms with Gasteiger partial charge in [0.05, 0.1) is 14.1 Å². The molecule has 0 aliphatic heterocycles. The normalized spacial score (nSPS) is 13.1. The second-order valence-electron chi connectivity index (χ2n) is 4.93. The average molecular weight is 209 g/mol. The zero-order chi connectivity index (χ0) is 11.4. The molecule has 1 nitrogen and oxygen atoms in total. The maximum Gasteiger partial charge on any atom is 0.0904 e. The number of hydrogen-bond donors (Lipinski definition) is 0. The minimum Gasteiger partial charge on any atom is -0.193 e. The highest BCUT2D eigenvalue weighted by atomic mass is 28.3. The SMILES string of the molecule is CC(C)[Si](/C=C/C#N)(C(C)C)C(C)C. The van der Waals surface area contributed by atoms with E-state index >= 15 is 0 Å². The van der Waals surface area contributed by atoms with Gasteiger partial charge in [-0.2, -0.15) is 5.26 Å². The molecule has 80 valence electrons. The van der Waals surface area contributed by atoms with Crippen molar-refractivity contribution >= 4 is 8.07 Å². The number of allylic oxidation sites excluding steroid dienone is 1. The van der Waals surface area contributed by atoms with Gasteiger partial charge in [-0.05, 0) is 16.6 Å². The van der Waals surface area contributed by atoms with Crippen LogP contribution in [0.5, 0.6) is 0 Å². The number of hydrogen-bond acceptors (Lipinski definition) is 1. The van der Waals surface area contributed by atoms with Crippen LogP contribution in [0.3, 0.4) is 0 Å². The van der Waals surface area contributed by atoms with Crippen molar-refractivity contribution in [1.29, 1.82) is 5.26 Å². The number of nitriles is 1. The highest BCUT2D eigenvalue weighted by Gasteiger charge is 2.39. The summed E-state index contributed by atoms with van der Waals surface area (Å²) in [6, 6.07) is 2.14. The van der Waals surface area contributed by atoms with E-state index in [0.29, 0.717) is 16.6 Å². The van der Waals surface area contributed by atoms with Gasteiger partial charge in [-0.1, -0.05) is 47.2 Å². The Hall–Kier alpha value is -0.553. The van der Waals surface area contributed by atoms with Gasteiger partial charge in [-0.15, -0.1) is 0 Å². The van der Waals surface area contributed by atoms with E-state index in [-0.39, 0.29) is 0 Å². The number of nitrogens with zero attached hydrogens (tertiary/aromatic N) is 1. The van der Waals surface area contributed by atoms with E-state index in [9.17, 15) is 0 Å². The van der Waals surface area contributed by atoms with E-state index in [0.717, 1.165) is 0 Å². The summed E-state index contributed by atoms with van der Waals surface area (Å²) >= 11 is 0. The highest BCUT2D eigenvalue weighted by Crippen LogP contribution is 2.42. The Labute approximate surface area is 89.8 Å². The third kappa shape index (κ3) is 2.48. The van der Waals surface area contributed by atoms with Gasteiger partial charge < -0.3 is 0 Å². The quantitative estimate of drug-likeness (QED) is 0.500. The lowest BCUT2D eigenvalue weighted by Gasteiger charge is -2.40. The van der Waals surface area contributed by atoms with E-state index in [1.807, 2.05) is 0 Å². The lowest BCUT2D eigenvalue weighted by molar-refractivity contribution is 0.833.